The fourth-order valence-electron chi connectivity index (χ4n) is 2.93. The van der Waals surface area contributed by atoms with Crippen molar-refractivity contribution in [2.75, 3.05) is 6.54 Å². The molecule has 1 atom stereocenters. The number of hydrogen-bond acceptors (Lipinski definition) is 4. The van der Waals surface area contributed by atoms with E-state index in [0.29, 0.717) is 5.75 Å². The molecule has 2 aromatic carbocycles. The maximum absolute atomic E-state index is 9.64. The van der Waals surface area contributed by atoms with Crippen molar-refractivity contribution in [2.24, 2.45) is 0 Å². The quantitative estimate of drug-likeness (QED) is 0.718. The van der Waals surface area contributed by atoms with E-state index >= 15 is 0 Å². The van der Waals surface area contributed by atoms with Crippen LogP contribution in [0.25, 0.3) is 11.0 Å². The summed E-state index contributed by atoms with van der Waals surface area (Å²) in [6.07, 6.45) is 2.75. The van der Waals surface area contributed by atoms with Gasteiger partial charge in [-0.3, -0.25) is 4.98 Å². The molecule has 0 spiro atoms. The Morgan fingerprint density at radius 1 is 1.10 bits per heavy atom. The first-order valence-corrected chi connectivity index (χ1v) is 7.08. The van der Waals surface area contributed by atoms with Gasteiger partial charge in [0.1, 0.15) is 5.75 Å². The van der Waals surface area contributed by atoms with E-state index in [0.717, 1.165) is 29.7 Å². The molecule has 0 saturated carbocycles. The zero-order chi connectivity index (χ0) is 14.2. The van der Waals surface area contributed by atoms with Gasteiger partial charge in [-0.15, -0.1) is 0 Å². The lowest BCUT2D eigenvalue weighted by Gasteiger charge is -2.26. The molecule has 2 heterocycles. The normalized spacial score (nSPS) is 17.6. The van der Waals surface area contributed by atoms with Crippen LogP contribution < -0.4 is 5.32 Å². The van der Waals surface area contributed by atoms with Crippen LogP contribution in [0.5, 0.6) is 5.75 Å². The number of aromatic hydroxyl groups is 1. The summed E-state index contributed by atoms with van der Waals surface area (Å²) in [6, 6.07) is 13.5. The standard InChI is InChI=1S/C17H15N3O/c21-12-5-6-13-11(9-12)7-8-18-17(13)16-10-19-14-3-1-2-4-15(14)20-16/h1-6,9-10,17-18,21H,7-8H2. The molecule has 0 fully saturated rings. The smallest absolute Gasteiger partial charge is 0.115 e. The number of para-hydroxylation sites is 2. The molecule has 3 aromatic rings. The highest BCUT2D eigenvalue weighted by Gasteiger charge is 2.23. The van der Waals surface area contributed by atoms with Crippen molar-refractivity contribution in [2.45, 2.75) is 12.5 Å². The van der Waals surface area contributed by atoms with Crippen molar-refractivity contribution < 1.29 is 5.11 Å². The Labute approximate surface area is 122 Å². The average Bonchev–Trinajstić information content (AvgIpc) is 2.53. The second kappa shape index (κ2) is 4.82. The first-order valence-electron chi connectivity index (χ1n) is 7.08. The van der Waals surface area contributed by atoms with Crippen LogP contribution >= 0.6 is 0 Å². The van der Waals surface area contributed by atoms with Gasteiger partial charge in [-0.2, -0.15) is 0 Å². The summed E-state index contributed by atoms with van der Waals surface area (Å²) in [5.41, 5.74) is 5.07. The second-order valence-corrected chi connectivity index (χ2v) is 5.30. The van der Waals surface area contributed by atoms with Gasteiger partial charge in [-0.05, 0) is 41.8 Å². The molecular formula is C17H15N3O. The van der Waals surface area contributed by atoms with Gasteiger partial charge < -0.3 is 10.4 Å². The lowest BCUT2D eigenvalue weighted by molar-refractivity contribution is 0.471. The number of rotatable bonds is 1. The Balaban J connectivity index is 1.82. The molecule has 1 aromatic heterocycles. The number of hydrogen-bond donors (Lipinski definition) is 2. The summed E-state index contributed by atoms with van der Waals surface area (Å²) in [6.45, 7) is 0.871. The Hall–Kier alpha value is -2.46. The van der Waals surface area contributed by atoms with E-state index < -0.39 is 0 Å². The highest BCUT2D eigenvalue weighted by Crippen LogP contribution is 2.30. The van der Waals surface area contributed by atoms with Crippen molar-refractivity contribution in [3.05, 3.63) is 65.5 Å². The number of nitrogens with zero attached hydrogens (tertiary/aromatic N) is 2. The van der Waals surface area contributed by atoms with E-state index in [4.69, 9.17) is 4.98 Å². The predicted molar refractivity (Wildman–Crippen MR) is 81.2 cm³/mol. The topological polar surface area (TPSA) is 58.0 Å². The number of aromatic nitrogens is 2. The third-order valence-corrected chi connectivity index (χ3v) is 3.94. The van der Waals surface area contributed by atoms with Crippen LogP contribution in [0, 0.1) is 0 Å². The number of nitrogens with one attached hydrogen (secondary N) is 1. The molecule has 21 heavy (non-hydrogen) atoms. The molecule has 0 aliphatic carbocycles. The first-order chi connectivity index (χ1) is 10.3. The van der Waals surface area contributed by atoms with E-state index in [1.54, 1.807) is 6.07 Å². The molecule has 2 N–H and O–H groups in total. The van der Waals surface area contributed by atoms with Crippen molar-refractivity contribution >= 4 is 11.0 Å². The van der Waals surface area contributed by atoms with Gasteiger partial charge in [0.15, 0.2) is 0 Å². The summed E-state index contributed by atoms with van der Waals surface area (Å²) < 4.78 is 0. The minimum absolute atomic E-state index is 0.0338. The summed E-state index contributed by atoms with van der Waals surface area (Å²) in [5, 5.41) is 13.1. The van der Waals surface area contributed by atoms with Crippen molar-refractivity contribution in [1.82, 2.24) is 15.3 Å². The zero-order valence-electron chi connectivity index (χ0n) is 11.5. The molecule has 1 unspecified atom stereocenters. The Bertz CT molecular complexity index is 816. The molecule has 0 amide bonds. The van der Waals surface area contributed by atoms with Gasteiger partial charge in [0, 0.05) is 6.54 Å². The lowest BCUT2D eigenvalue weighted by Crippen LogP contribution is -2.31. The SMILES string of the molecule is Oc1ccc2c(c1)CCNC2c1cnc2ccccc2n1. The summed E-state index contributed by atoms with van der Waals surface area (Å²) in [4.78, 5) is 9.23. The third-order valence-electron chi connectivity index (χ3n) is 3.94. The van der Waals surface area contributed by atoms with Gasteiger partial charge in [0.05, 0.1) is 29.0 Å². The van der Waals surface area contributed by atoms with Crippen LogP contribution in [0.3, 0.4) is 0 Å². The van der Waals surface area contributed by atoms with Crippen LogP contribution in [0.2, 0.25) is 0 Å². The number of fused-ring (bicyclic) bond motifs is 2. The van der Waals surface area contributed by atoms with Crippen LogP contribution in [0.15, 0.2) is 48.7 Å². The highest BCUT2D eigenvalue weighted by molar-refractivity contribution is 5.73. The Morgan fingerprint density at radius 3 is 2.86 bits per heavy atom. The van der Waals surface area contributed by atoms with Crippen LogP contribution in [-0.4, -0.2) is 21.6 Å². The largest absolute Gasteiger partial charge is 0.508 e. The fourth-order valence-corrected chi connectivity index (χ4v) is 2.93. The fraction of sp³-hybridized carbons (Fsp3) is 0.176. The monoisotopic (exact) mass is 277 g/mol. The first kappa shape index (κ1) is 12.3. The third kappa shape index (κ3) is 2.14. The molecular weight excluding hydrogens is 262 g/mol. The van der Waals surface area contributed by atoms with Gasteiger partial charge >= 0.3 is 0 Å². The van der Waals surface area contributed by atoms with E-state index in [2.05, 4.69) is 10.3 Å². The number of phenolic OH excluding ortho intramolecular Hbond substituents is 1. The number of benzene rings is 2. The molecule has 1 aliphatic rings. The van der Waals surface area contributed by atoms with Crippen LogP contribution in [0.4, 0.5) is 0 Å². The summed E-state index contributed by atoms with van der Waals surface area (Å²) in [5.74, 6) is 0.319. The van der Waals surface area contributed by atoms with Crippen molar-refractivity contribution in [3.8, 4) is 5.75 Å². The number of phenols is 1. The zero-order valence-corrected chi connectivity index (χ0v) is 11.5. The van der Waals surface area contributed by atoms with Gasteiger partial charge in [0.25, 0.3) is 0 Å². The Morgan fingerprint density at radius 2 is 1.95 bits per heavy atom. The Kier molecular flexibility index (Phi) is 2.82. The molecule has 4 rings (SSSR count). The highest BCUT2D eigenvalue weighted by atomic mass is 16.3. The molecule has 4 heteroatoms. The molecule has 1 aliphatic heterocycles. The van der Waals surface area contributed by atoms with Gasteiger partial charge in [0.2, 0.25) is 0 Å². The summed E-state index contributed by atoms with van der Waals surface area (Å²) >= 11 is 0. The molecule has 104 valence electrons. The van der Waals surface area contributed by atoms with E-state index in [9.17, 15) is 5.11 Å². The second-order valence-electron chi connectivity index (χ2n) is 5.30. The van der Waals surface area contributed by atoms with E-state index in [1.807, 2.05) is 42.6 Å². The van der Waals surface area contributed by atoms with Crippen molar-refractivity contribution in [3.63, 3.8) is 0 Å². The van der Waals surface area contributed by atoms with Crippen LogP contribution in [-0.2, 0) is 6.42 Å². The average molecular weight is 277 g/mol. The summed E-state index contributed by atoms with van der Waals surface area (Å²) in [7, 11) is 0. The van der Waals surface area contributed by atoms with E-state index in [-0.39, 0.29) is 6.04 Å². The maximum atomic E-state index is 9.64. The molecule has 4 nitrogen and oxygen atoms in total. The molecule has 0 radical (unpaired) electrons. The minimum Gasteiger partial charge on any atom is -0.508 e. The molecule has 0 saturated heterocycles. The van der Waals surface area contributed by atoms with Gasteiger partial charge in [-0.25, -0.2) is 4.98 Å². The van der Waals surface area contributed by atoms with Crippen molar-refractivity contribution in [1.29, 1.82) is 0 Å². The maximum Gasteiger partial charge on any atom is 0.115 e. The van der Waals surface area contributed by atoms with Gasteiger partial charge in [-0.1, -0.05) is 18.2 Å². The van der Waals surface area contributed by atoms with Crippen LogP contribution in [0.1, 0.15) is 22.9 Å². The van der Waals surface area contributed by atoms with E-state index in [1.165, 1.54) is 11.1 Å². The lowest BCUT2D eigenvalue weighted by atomic mass is 9.92. The minimum atomic E-state index is 0.0338. The predicted octanol–water partition coefficient (Wildman–Crippen LogP) is 2.57. The molecule has 0 bridgehead atoms.